The Morgan fingerprint density at radius 1 is 0.744 bits per heavy atom. The molecule has 0 fully saturated rings. The summed E-state index contributed by atoms with van der Waals surface area (Å²) >= 11 is 0. The van der Waals surface area contributed by atoms with Crippen LogP contribution in [-0.4, -0.2) is 44.2 Å². The molecule has 1 atom stereocenters. The van der Waals surface area contributed by atoms with Gasteiger partial charge in [0.15, 0.2) is 0 Å². The molecule has 0 aliphatic heterocycles. The number of unbranched alkanes of at least 4 members (excludes halogenated alkanes) is 2. The molecule has 0 aliphatic carbocycles. The summed E-state index contributed by atoms with van der Waals surface area (Å²) in [6.07, 6.45) is -4.94. The number of pyridine rings is 1. The average molecular weight is 631 g/mol. The van der Waals surface area contributed by atoms with Gasteiger partial charge in [-0.1, -0.05) is 51.0 Å². The molecule has 236 valence electrons. The van der Waals surface area contributed by atoms with Gasteiger partial charge in [-0.05, 0) is 74.3 Å². The van der Waals surface area contributed by atoms with Gasteiger partial charge in [0, 0.05) is 17.7 Å². The largest absolute Gasteiger partial charge is 0.416 e. The molecule has 0 saturated heterocycles. The zero-order valence-electron chi connectivity index (χ0n) is 24.3. The zero-order valence-corrected chi connectivity index (χ0v) is 25.1. The summed E-state index contributed by atoms with van der Waals surface area (Å²) in [7, 11) is -3.94. The molecule has 1 heterocycles. The average Bonchev–Trinajstić information content (AvgIpc) is 2.94. The Balaban J connectivity index is 2.10. The Morgan fingerprint density at radius 3 is 1.51 bits per heavy atom. The van der Waals surface area contributed by atoms with Crippen molar-refractivity contribution in [1.29, 1.82) is 0 Å². The molecule has 1 aromatic heterocycles. The van der Waals surface area contributed by atoms with Gasteiger partial charge in [-0.15, -0.1) is 0 Å². The number of halogens is 6. The third-order valence-corrected chi connectivity index (χ3v) is 7.47. The number of benzene rings is 2. The quantitative estimate of drug-likeness (QED) is 0.132. The van der Waals surface area contributed by atoms with Crippen LogP contribution >= 0.6 is 0 Å². The van der Waals surface area contributed by atoms with Crippen LogP contribution in [0.5, 0.6) is 0 Å². The molecule has 1 unspecified atom stereocenters. The Morgan fingerprint density at radius 2 is 1.16 bits per heavy atom. The third-order valence-electron chi connectivity index (χ3n) is 6.89. The highest BCUT2D eigenvalue weighted by Gasteiger charge is 2.31. The molecule has 12 heteroatoms. The lowest BCUT2D eigenvalue weighted by atomic mass is 9.99. The van der Waals surface area contributed by atoms with Crippen LogP contribution in [0.2, 0.25) is 0 Å². The summed E-state index contributed by atoms with van der Waals surface area (Å²) < 4.78 is 109. The van der Waals surface area contributed by atoms with E-state index in [1.54, 1.807) is 12.1 Å². The minimum Gasteiger partial charge on any atom is -0.303 e. The van der Waals surface area contributed by atoms with Crippen molar-refractivity contribution in [3.63, 3.8) is 0 Å². The second-order valence-electron chi connectivity index (χ2n) is 10.4. The first-order valence-electron chi connectivity index (χ1n) is 14.1. The molecule has 0 radical (unpaired) electrons. The number of hydrogen-bond donors (Lipinski definition) is 0. The SMILES string of the molecule is CCCCN(CCCC)CCC(OS(C)(=O)=O)c1cc(-c2ccc(C(F)(F)F)cc2)nc(-c2ccc(C(F)(F)F)cc2)c1. The van der Waals surface area contributed by atoms with Crippen LogP contribution in [0.4, 0.5) is 26.3 Å². The molecule has 0 N–H and O–H groups in total. The summed E-state index contributed by atoms with van der Waals surface area (Å²) in [5.41, 5.74) is -0.256. The van der Waals surface area contributed by atoms with Crippen molar-refractivity contribution in [3.05, 3.63) is 77.4 Å². The van der Waals surface area contributed by atoms with Crippen molar-refractivity contribution in [2.75, 3.05) is 25.9 Å². The smallest absolute Gasteiger partial charge is 0.303 e. The van der Waals surface area contributed by atoms with Crippen LogP contribution in [0.25, 0.3) is 22.5 Å². The molecule has 0 bridgehead atoms. The summed E-state index contributed by atoms with van der Waals surface area (Å²) in [5, 5.41) is 0. The van der Waals surface area contributed by atoms with Crippen LogP contribution in [0.15, 0.2) is 60.7 Å². The topological polar surface area (TPSA) is 59.5 Å². The van der Waals surface area contributed by atoms with Crippen LogP contribution in [0.1, 0.15) is 68.7 Å². The minimum atomic E-state index is -4.55. The highest BCUT2D eigenvalue weighted by molar-refractivity contribution is 7.86. The van der Waals surface area contributed by atoms with E-state index < -0.39 is 39.7 Å². The Bertz CT molecular complexity index is 1340. The molecule has 3 aromatic rings. The predicted octanol–water partition coefficient (Wildman–Crippen LogP) is 8.76. The summed E-state index contributed by atoms with van der Waals surface area (Å²) in [6, 6.07) is 11.7. The van der Waals surface area contributed by atoms with E-state index in [0.29, 0.717) is 23.2 Å². The monoisotopic (exact) mass is 630 g/mol. The highest BCUT2D eigenvalue weighted by Crippen LogP contribution is 2.35. The van der Waals surface area contributed by atoms with Crippen molar-refractivity contribution in [1.82, 2.24) is 9.88 Å². The molecule has 0 aliphatic rings. The maximum absolute atomic E-state index is 13.2. The first-order chi connectivity index (χ1) is 20.1. The van der Waals surface area contributed by atoms with Crippen molar-refractivity contribution >= 4 is 10.1 Å². The van der Waals surface area contributed by atoms with E-state index in [1.165, 1.54) is 24.3 Å². The second kappa shape index (κ2) is 14.7. The van der Waals surface area contributed by atoms with Gasteiger partial charge in [0.2, 0.25) is 0 Å². The molecule has 0 spiro atoms. The maximum atomic E-state index is 13.2. The van der Waals surface area contributed by atoms with Gasteiger partial charge in [0.25, 0.3) is 10.1 Å². The fraction of sp³-hybridized carbons (Fsp3) is 0.452. The lowest BCUT2D eigenvalue weighted by Gasteiger charge is -2.25. The highest BCUT2D eigenvalue weighted by atomic mass is 32.2. The number of nitrogens with zero attached hydrogens (tertiary/aromatic N) is 2. The van der Waals surface area contributed by atoms with Crippen LogP contribution in [-0.2, 0) is 26.7 Å². The Hall–Kier alpha value is -2.96. The van der Waals surface area contributed by atoms with Gasteiger partial charge in [-0.25, -0.2) is 4.98 Å². The van der Waals surface area contributed by atoms with Gasteiger partial charge in [0.05, 0.1) is 28.8 Å². The lowest BCUT2D eigenvalue weighted by molar-refractivity contribution is -0.138. The fourth-order valence-electron chi connectivity index (χ4n) is 4.57. The zero-order chi connectivity index (χ0) is 31.8. The van der Waals surface area contributed by atoms with Gasteiger partial charge in [0.1, 0.15) is 6.10 Å². The lowest BCUT2D eigenvalue weighted by Crippen LogP contribution is -2.29. The molecule has 0 amide bonds. The fourth-order valence-corrected chi connectivity index (χ4v) is 5.20. The number of alkyl halides is 6. The Kier molecular flexibility index (Phi) is 11.8. The van der Waals surface area contributed by atoms with Gasteiger partial charge < -0.3 is 4.90 Å². The maximum Gasteiger partial charge on any atom is 0.416 e. The summed E-state index contributed by atoms with van der Waals surface area (Å²) in [4.78, 5) is 6.77. The van der Waals surface area contributed by atoms with Gasteiger partial charge in [-0.3, -0.25) is 4.18 Å². The molecular weight excluding hydrogens is 594 g/mol. The molecule has 43 heavy (non-hydrogen) atoms. The van der Waals surface area contributed by atoms with E-state index in [2.05, 4.69) is 23.7 Å². The van der Waals surface area contributed by atoms with E-state index in [9.17, 15) is 34.8 Å². The number of rotatable bonds is 14. The molecule has 2 aromatic carbocycles. The van der Waals surface area contributed by atoms with Crippen LogP contribution < -0.4 is 0 Å². The predicted molar refractivity (Wildman–Crippen MR) is 155 cm³/mol. The van der Waals surface area contributed by atoms with E-state index in [0.717, 1.165) is 69.3 Å². The summed E-state index contributed by atoms with van der Waals surface area (Å²) in [6.45, 7) is 6.33. The molecule has 3 rings (SSSR count). The normalized spacial score (nSPS) is 13.4. The first-order valence-corrected chi connectivity index (χ1v) is 15.9. The van der Waals surface area contributed by atoms with E-state index >= 15 is 0 Å². The molecule has 0 saturated carbocycles. The standard InChI is InChI=1S/C31H36F6N2O3S/c1-4-6-17-39(18-7-5-2)19-16-29(42-43(3,40)41)24-20-27(22-8-12-25(13-9-22)30(32,33)34)38-28(21-24)23-10-14-26(15-11-23)31(35,36)37/h8-15,20-21,29H,4-7,16-19H2,1-3H3. The van der Waals surface area contributed by atoms with Crippen molar-refractivity contribution in [3.8, 4) is 22.5 Å². The van der Waals surface area contributed by atoms with Gasteiger partial charge in [-0.2, -0.15) is 34.8 Å². The van der Waals surface area contributed by atoms with Crippen LogP contribution in [0, 0.1) is 0 Å². The van der Waals surface area contributed by atoms with E-state index in [-0.39, 0.29) is 17.8 Å². The first kappa shape index (κ1) is 34.5. The second-order valence-corrected chi connectivity index (χ2v) is 12.0. The number of hydrogen-bond acceptors (Lipinski definition) is 5. The van der Waals surface area contributed by atoms with E-state index in [1.807, 2.05) is 0 Å². The number of aromatic nitrogens is 1. The van der Waals surface area contributed by atoms with Crippen molar-refractivity contribution in [2.45, 2.75) is 64.4 Å². The van der Waals surface area contributed by atoms with Crippen molar-refractivity contribution < 1.29 is 38.9 Å². The third kappa shape index (κ3) is 10.6. The summed E-state index contributed by atoms with van der Waals surface area (Å²) in [5.74, 6) is 0. The van der Waals surface area contributed by atoms with Crippen LogP contribution in [0.3, 0.4) is 0 Å². The molecular formula is C31H36F6N2O3S. The van der Waals surface area contributed by atoms with E-state index in [4.69, 9.17) is 4.18 Å². The molecule has 5 nitrogen and oxygen atoms in total. The minimum absolute atomic E-state index is 0.219. The van der Waals surface area contributed by atoms with Gasteiger partial charge >= 0.3 is 12.4 Å². The van der Waals surface area contributed by atoms with Crippen molar-refractivity contribution in [2.24, 2.45) is 0 Å². The Labute approximate surface area is 249 Å².